The van der Waals surface area contributed by atoms with Crippen molar-refractivity contribution >= 4 is 21.6 Å². The molecule has 0 amide bonds. The van der Waals surface area contributed by atoms with Gasteiger partial charge in [0.25, 0.3) is 0 Å². The third-order valence-corrected chi connectivity index (χ3v) is 3.60. The molecule has 0 aliphatic carbocycles. The van der Waals surface area contributed by atoms with Crippen molar-refractivity contribution in [1.82, 2.24) is 5.32 Å². The normalized spacial score (nSPS) is 20.4. The SMILES string of the molecule is COc1ccc(N2CCNC(CO)C2)cc1Br. The molecule has 1 aromatic rings. The topological polar surface area (TPSA) is 44.7 Å². The number of aliphatic hydroxyl groups is 1. The van der Waals surface area contributed by atoms with Gasteiger partial charge < -0.3 is 20.1 Å². The molecule has 2 rings (SSSR count). The number of hydrogen-bond donors (Lipinski definition) is 2. The number of hydrogen-bond acceptors (Lipinski definition) is 4. The number of anilines is 1. The van der Waals surface area contributed by atoms with Crippen LogP contribution in [0.25, 0.3) is 0 Å². The Labute approximate surface area is 110 Å². The number of halogens is 1. The van der Waals surface area contributed by atoms with E-state index in [1.165, 1.54) is 0 Å². The van der Waals surface area contributed by atoms with Gasteiger partial charge in [0.1, 0.15) is 5.75 Å². The van der Waals surface area contributed by atoms with Crippen molar-refractivity contribution in [3.05, 3.63) is 22.7 Å². The molecule has 1 unspecified atom stereocenters. The molecule has 1 aliphatic heterocycles. The summed E-state index contributed by atoms with van der Waals surface area (Å²) < 4.78 is 6.17. The Kier molecular flexibility index (Phi) is 4.25. The van der Waals surface area contributed by atoms with E-state index in [0.717, 1.165) is 35.5 Å². The van der Waals surface area contributed by atoms with Gasteiger partial charge in [-0.2, -0.15) is 0 Å². The summed E-state index contributed by atoms with van der Waals surface area (Å²) in [6, 6.07) is 6.21. The van der Waals surface area contributed by atoms with Gasteiger partial charge >= 0.3 is 0 Å². The first kappa shape index (κ1) is 12.7. The van der Waals surface area contributed by atoms with Crippen molar-refractivity contribution in [2.45, 2.75) is 6.04 Å². The van der Waals surface area contributed by atoms with Gasteiger partial charge in [0.15, 0.2) is 0 Å². The van der Waals surface area contributed by atoms with E-state index in [1.54, 1.807) is 7.11 Å². The van der Waals surface area contributed by atoms with Crippen LogP contribution in [0, 0.1) is 0 Å². The summed E-state index contributed by atoms with van der Waals surface area (Å²) in [5, 5.41) is 12.5. The van der Waals surface area contributed by atoms with E-state index in [4.69, 9.17) is 4.74 Å². The van der Waals surface area contributed by atoms with Gasteiger partial charge in [0.2, 0.25) is 0 Å². The van der Waals surface area contributed by atoms with Crippen molar-refractivity contribution in [3.8, 4) is 5.75 Å². The Morgan fingerprint density at radius 1 is 1.59 bits per heavy atom. The molecule has 1 aliphatic rings. The van der Waals surface area contributed by atoms with E-state index in [1.807, 2.05) is 12.1 Å². The van der Waals surface area contributed by atoms with Gasteiger partial charge in [-0.3, -0.25) is 0 Å². The third-order valence-electron chi connectivity index (χ3n) is 2.98. The second-order valence-electron chi connectivity index (χ2n) is 4.10. The minimum atomic E-state index is 0.157. The van der Waals surface area contributed by atoms with Crippen molar-refractivity contribution in [3.63, 3.8) is 0 Å². The Bertz CT molecular complexity index is 387. The molecular formula is C12H17BrN2O2. The van der Waals surface area contributed by atoms with Gasteiger partial charge in [0, 0.05) is 31.4 Å². The lowest BCUT2D eigenvalue weighted by Crippen LogP contribution is -2.52. The Morgan fingerprint density at radius 2 is 2.41 bits per heavy atom. The summed E-state index contributed by atoms with van der Waals surface area (Å²) in [5.41, 5.74) is 1.15. The fourth-order valence-corrected chi connectivity index (χ4v) is 2.56. The van der Waals surface area contributed by atoms with Gasteiger partial charge in [0.05, 0.1) is 18.2 Å². The van der Waals surface area contributed by atoms with Crippen LogP contribution in [0.15, 0.2) is 22.7 Å². The van der Waals surface area contributed by atoms with Crippen LogP contribution in [-0.4, -0.2) is 44.5 Å². The predicted molar refractivity (Wildman–Crippen MR) is 71.8 cm³/mol. The van der Waals surface area contributed by atoms with Crippen LogP contribution in [0.1, 0.15) is 0 Å². The van der Waals surface area contributed by atoms with Crippen LogP contribution in [0.4, 0.5) is 5.69 Å². The zero-order chi connectivity index (χ0) is 12.3. The maximum absolute atomic E-state index is 9.17. The minimum Gasteiger partial charge on any atom is -0.496 e. The van der Waals surface area contributed by atoms with E-state index < -0.39 is 0 Å². The lowest BCUT2D eigenvalue weighted by Gasteiger charge is -2.34. The molecule has 2 N–H and O–H groups in total. The minimum absolute atomic E-state index is 0.157. The summed E-state index contributed by atoms with van der Waals surface area (Å²) >= 11 is 3.49. The highest BCUT2D eigenvalue weighted by Crippen LogP contribution is 2.29. The van der Waals surface area contributed by atoms with E-state index in [9.17, 15) is 5.11 Å². The van der Waals surface area contributed by atoms with Crippen molar-refractivity contribution in [1.29, 1.82) is 0 Å². The second kappa shape index (κ2) is 5.71. The summed E-state index contributed by atoms with van der Waals surface area (Å²) in [4.78, 5) is 2.27. The maximum atomic E-state index is 9.17. The number of methoxy groups -OCH3 is 1. The van der Waals surface area contributed by atoms with Gasteiger partial charge in [-0.05, 0) is 34.1 Å². The molecule has 1 heterocycles. The Hall–Kier alpha value is -0.780. The maximum Gasteiger partial charge on any atom is 0.133 e. The van der Waals surface area contributed by atoms with Gasteiger partial charge in [-0.25, -0.2) is 0 Å². The molecule has 0 saturated carbocycles. The molecule has 0 spiro atoms. The van der Waals surface area contributed by atoms with Crippen LogP contribution in [0.3, 0.4) is 0 Å². The van der Waals surface area contributed by atoms with E-state index in [0.29, 0.717) is 0 Å². The summed E-state index contributed by atoms with van der Waals surface area (Å²) in [6.07, 6.45) is 0. The standard InChI is InChI=1S/C12H17BrN2O2/c1-17-12-3-2-10(6-11(12)13)15-5-4-14-9(7-15)8-16/h2-3,6,9,14,16H,4-5,7-8H2,1H3. The highest BCUT2D eigenvalue weighted by atomic mass is 79.9. The number of rotatable bonds is 3. The lowest BCUT2D eigenvalue weighted by atomic mass is 10.2. The first-order chi connectivity index (χ1) is 8.24. The van der Waals surface area contributed by atoms with Crippen LogP contribution >= 0.6 is 15.9 Å². The third kappa shape index (κ3) is 2.91. The van der Waals surface area contributed by atoms with E-state index in [-0.39, 0.29) is 12.6 Å². The first-order valence-corrected chi connectivity index (χ1v) is 6.46. The average Bonchev–Trinajstić information content (AvgIpc) is 2.38. The molecule has 17 heavy (non-hydrogen) atoms. The molecular weight excluding hydrogens is 284 g/mol. The second-order valence-corrected chi connectivity index (χ2v) is 4.95. The zero-order valence-corrected chi connectivity index (χ0v) is 11.4. The Balaban J connectivity index is 2.13. The van der Waals surface area contributed by atoms with Crippen LogP contribution in [0.5, 0.6) is 5.75 Å². The molecule has 94 valence electrons. The summed E-state index contributed by atoms with van der Waals surface area (Å²) in [5.74, 6) is 0.836. The summed E-state index contributed by atoms with van der Waals surface area (Å²) in [6.45, 7) is 2.85. The fraction of sp³-hybridized carbons (Fsp3) is 0.500. The molecule has 0 aromatic heterocycles. The van der Waals surface area contributed by atoms with Gasteiger partial charge in [-0.15, -0.1) is 0 Å². The van der Waals surface area contributed by atoms with E-state index in [2.05, 4.69) is 32.2 Å². The molecule has 1 atom stereocenters. The molecule has 0 radical (unpaired) electrons. The van der Waals surface area contributed by atoms with E-state index >= 15 is 0 Å². The van der Waals surface area contributed by atoms with Crippen LogP contribution in [-0.2, 0) is 0 Å². The molecule has 1 saturated heterocycles. The van der Waals surface area contributed by atoms with Crippen LogP contribution in [0.2, 0.25) is 0 Å². The Morgan fingerprint density at radius 3 is 3.06 bits per heavy atom. The smallest absolute Gasteiger partial charge is 0.133 e. The largest absolute Gasteiger partial charge is 0.496 e. The number of piperazine rings is 1. The number of nitrogens with zero attached hydrogens (tertiary/aromatic N) is 1. The number of aliphatic hydroxyl groups excluding tert-OH is 1. The summed E-state index contributed by atoms with van der Waals surface area (Å²) in [7, 11) is 1.66. The number of nitrogens with one attached hydrogen (secondary N) is 1. The highest BCUT2D eigenvalue weighted by molar-refractivity contribution is 9.10. The highest BCUT2D eigenvalue weighted by Gasteiger charge is 2.19. The lowest BCUT2D eigenvalue weighted by molar-refractivity contribution is 0.235. The average molecular weight is 301 g/mol. The van der Waals surface area contributed by atoms with Gasteiger partial charge in [-0.1, -0.05) is 0 Å². The van der Waals surface area contributed by atoms with Crippen molar-refractivity contribution in [2.75, 3.05) is 38.3 Å². The predicted octanol–water partition coefficient (Wildman–Crippen LogP) is 1.23. The van der Waals surface area contributed by atoms with Crippen molar-refractivity contribution in [2.24, 2.45) is 0 Å². The molecule has 1 fully saturated rings. The number of benzene rings is 1. The fourth-order valence-electron chi connectivity index (χ4n) is 2.03. The van der Waals surface area contributed by atoms with Crippen LogP contribution < -0.4 is 15.0 Å². The van der Waals surface area contributed by atoms with Crippen molar-refractivity contribution < 1.29 is 9.84 Å². The monoisotopic (exact) mass is 300 g/mol. The first-order valence-electron chi connectivity index (χ1n) is 5.67. The molecule has 5 heteroatoms. The number of ether oxygens (including phenoxy) is 1. The zero-order valence-electron chi connectivity index (χ0n) is 9.82. The molecule has 4 nitrogen and oxygen atoms in total. The quantitative estimate of drug-likeness (QED) is 0.881. The molecule has 0 bridgehead atoms. The molecule has 1 aromatic carbocycles.